The highest BCUT2D eigenvalue weighted by Crippen LogP contribution is 2.25. The van der Waals surface area contributed by atoms with Crippen LogP contribution >= 0.6 is 22.9 Å². The second-order valence-electron chi connectivity index (χ2n) is 4.23. The van der Waals surface area contributed by atoms with E-state index in [1.165, 1.54) is 24.3 Å². The molecule has 0 saturated heterocycles. The second-order valence-corrected chi connectivity index (χ2v) is 7.94. The Morgan fingerprint density at radius 2 is 1.86 bits per heavy atom. The lowest BCUT2D eigenvalue weighted by Crippen LogP contribution is -2.25. The summed E-state index contributed by atoms with van der Waals surface area (Å²) in [5.41, 5.74) is 0.800. The topological polar surface area (TPSA) is 55.4 Å². The average Bonchev–Trinajstić information content (AvgIpc) is 2.87. The summed E-state index contributed by atoms with van der Waals surface area (Å²) in [5, 5.41) is 0. The number of benzene rings is 1. The molecule has 0 unspecified atom stereocenters. The normalized spacial score (nSPS) is 11.8. The highest BCUT2D eigenvalue weighted by Gasteiger charge is 2.15. The molecule has 1 heterocycles. The van der Waals surface area contributed by atoms with Gasteiger partial charge in [0.15, 0.2) is 0 Å². The van der Waals surface area contributed by atoms with Gasteiger partial charge in [0.1, 0.15) is 9.96 Å². The first-order chi connectivity index (χ1) is 10.4. The molecular formula is C13H12ClF2NO3S2. The van der Waals surface area contributed by atoms with E-state index in [2.05, 4.69) is 9.46 Å². The third-order valence-corrected chi connectivity index (χ3v) is 5.85. The lowest BCUT2D eigenvalue weighted by Gasteiger charge is -2.07. The van der Waals surface area contributed by atoms with Gasteiger partial charge in [-0.05, 0) is 36.2 Å². The van der Waals surface area contributed by atoms with Crippen LogP contribution in [0.1, 0.15) is 5.56 Å². The predicted octanol–water partition coefficient (Wildman–Crippen LogP) is 3.52. The Balaban J connectivity index is 1.88. The van der Waals surface area contributed by atoms with Gasteiger partial charge in [0, 0.05) is 6.54 Å². The Morgan fingerprint density at radius 3 is 2.41 bits per heavy atom. The van der Waals surface area contributed by atoms with Crippen molar-refractivity contribution in [3.63, 3.8) is 0 Å². The van der Waals surface area contributed by atoms with Crippen LogP contribution in [0.2, 0.25) is 4.34 Å². The number of nitrogens with one attached hydrogen (secondary N) is 1. The molecule has 0 radical (unpaired) electrons. The largest absolute Gasteiger partial charge is 0.435 e. The molecule has 9 heteroatoms. The summed E-state index contributed by atoms with van der Waals surface area (Å²) in [7, 11) is -3.57. The molecule has 2 aromatic rings. The molecule has 0 bridgehead atoms. The van der Waals surface area contributed by atoms with Crippen LogP contribution in [-0.2, 0) is 16.4 Å². The molecular weight excluding hydrogens is 356 g/mol. The molecule has 120 valence electrons. The molecule has 1 aromatic carbocycles. The van der Waals surface area contributed by atoms with E-state index >= 15 is 0 Å². The van der Waals surface area contributed by atoms with Crippen molar-refractivity contribution >= 4 is 33.0 Å². The molecule has 1 aromatic heterocycles. The first-order valence-corrected chi connectivity index (χ1v) is 8.83. The summed E-state index contributed by atoms with van der Waals surface area (Å²) in [6.45, 7) is -2.68. The number of halogens is 3. The van der Waals surface area contributed by atoms with Crippen LogP contribution in [0.25, 0.3) is 0 Å². The fraction of sp³-hybridized carbons (Fsp3) is 0.231. The Bertz CT molecular complexity index is 717. The SMILES string of the molecule is O=S(=O)(NCCc1ccc(OC(F)F)cc1)c1ccc(Cl)s1. The van der Waals surface area contributed by atoms with Crippen molar-refractivity contribution < 1.29 is 21.9 Å². The van der Waals surface area contributed by atoms with E-state index in [-0.39, 0.29) is 16.5 Å². The molecule has 0 spiro atoms. The van der Waals surface area contributed by atoms with E-state index in [4.69, 9.17) is 11.6 Å². The van der Waals surface area contributed by atoms with Gasteiger partial charge >= 0.3 is 6.61 Å². The zero-order valence-corrected chi connectivity index (χ0v) is 13.5. The summed E-state index contributed by atoms with van der Waals surface area (Å²) in [6, 6.07) is 8.99. The van der Waals surface area contributed by atoms with Gasteiger partial charge in [-0.15, -0.1) is 11.3 Å². The molecule has 0 fully saturated rings. The Labute approximate surface area is 135 Å². The highest BCUT2D eigenvalue weighted by molar-refractivity contribution is 7.91. The number of sulfonamides is 1. The monoisotopic (exact) mass is 367 g/mol. The first-order valence-electron chi connectivity index (χ1n) is 6.15. The number of hydrogen-bond acceptors (Lipinski definition) is 4. The van der Waals surface area contributed by atoms with Crippen LogP contribution in [0.5, 0.6) is 5.75 Å². The summed E-state index contributed by atoms with van der Waals surface area (Å²) in [4.78, 5) is 0. The number of ether oxygens (including phenoxy) is 1. The summed E-state index contributed by atoms with van der Waals surface area (Å²) in [6.07, 6.45) is 0.424. The van der Waals surface area contributed by atoms with Gasteiger partial charge in [0.05, 0.1) is 4.34 Å². The van der Waals surface area contributed by atoms with E-state index in [1.54, 1.807) is 12.1 Å². The van der Waals surface area contributed by atoms with E-state index in [9.17, 15) is 17.2 Å². The molecule has 0 atom stereocenters. The summed E-state index contributed by atoms with van der Waals surface area (Å²) in [5.74, 6) is 0.0626. The maximum Gasteiger partial charge on any atom is 0.387 e. The average molecular weight is 368 g/mol. The zero-order valence-electron chi connectivity index (χ0n) is 11.1. The van der Waals surface area contributed by atoms with Crippen molar-refractivity contribution in [3.8, 4) is 5.75 Å². The van der Waals surface area contributed by atoms with E-state index in [0.717, 1.165) is 16.9 Å². The van der Waals surface area contributed by atoms with Gasteiger partial charge in [-0.1, -0.05) is 23.7 Å². The van der Waals surface area contributed by atoms with Crippen LogP contribution < -0.4 is 9.46 Å². The minimum Gasteiger partial charge on any atom is -0.435 e. The predicted molar refractivity (Wildman–Crippen MR) is 81.3 cm³/mol. The first kappa shape index (κ1) is 17.1. The standard InChI is InChI=1S/C13H12ClF2NO3S2/c14-11-5-6-12(21-11)22(18,19)17-8-7-9-1-3-10(4-2-9)20-13(15)16/h1-6,13,17H,7-8H2. The van der Waals surface area contributed by atoms with E-state index < -0.39 is 16.6 Å². The molecule has 2 rings (SSSR count). The molecule has 0 aliphatic rings. The van der Waals surface area contributed by atoms with Gasteiger partial charge in [-0.25, -0.2) is 13.1 Å². The van der Waals surface area contributed by atoms with Crippen molar-refractivity contribution in [2.45, 2.75) is 17.2 Å². The molecule has 4 nitrogen and oxygen atoms in total. The zero-order chi connectivity index (χ0) is 16.2. The van der Waals surface area contributed by atoms with E-state index in [0.29, 0.717) is 10.8 Å². The molecule has 0 aliphatic heterocycles. The van der Waals surface area contributed by atoms with Gasteiger partial charge in [-0.2, -0.15) is 8.78 Å². The minimum absolute atomic E-state index is 0.0626. The Morgan fingerprint density at radius 1 is 1.18 bits per heavy atom. The maximum atomic E-state index is 12.0. The molecule has 1 N–H and O–H groups in total. The van der Waals surface area contributed by atoms with E-state index in [1.807, 2.05) is 0 Å². The Hall–Kier alpha value is -1.22. The smallest absolute Gasteiger partial charge is 0.387 e. The number of rotatable bonds is 7. The Kier molecular flexibility index (Phi) is 5.74. The van der Waals surface area contributed by atoms with Crippen molar-refractivity contribution in [3.05, 3.63) is 46.3 Å². The summed E-state index contributed by atoms with van der Waals surface area (Å²) < 4.78 is 55.2. The quantitative estimate of drug-likeness (QED) is 0.814. The summed E-state index contributed by atoms with van der Waals surface area (Å²) >= 11 is 6.68. The number of alkyl halides is 2. The van der Waals surface area contributed by atoms with Crippen LogP contribution in [0, 0.1) is 0 Å². The van der Waals surface area contributed by atoms with Gasteiger partial charge in [-0.3, -0.25) is 0 Å². The third kappa shape index (κ3) is 4.91. The fourth-order valence-corrected chi connectivity index (χ4v) is 4.24. The number of hydrogen-bond donors (Lipinski definition) is 1. The van der Waals surface area contributed by atoms with Crippen molar-refractivity contribution in [1.82, 2.24) is 4.72 Å². The van der Waals surface area contributed by atoms with Crippen LogP contribution in [-0.4, -0.2) is 21.6 Å². The highest BCUT2D eigenvalue weighted by atomic mass is 35.5. The molecule has 0 saturated carbocycles. The van der Waals surface area contributed by atoms with Gasteiger partial charge in [0.25, 0.3) is 0 Å². The van der Waals surface area contributed by atoms with Crippen LogP contribution in [0.3, 0.4) is 0 Å². The second kappa shape index (κ2) is 7.36. The molecule has 0 amide bonds. The third-order valence-electron chi connectivity index (χ3n) is 2.67. The maximum absolute atomic E-state index is 12.0. The molecule has 0 aliphatic carbocycles. The van der Waals surface area contributed by atoms with Crippen molar-refractivity contribution in [1.29, 1.82) is 0 Å². The lowest BCUT2D eigenvalue weighted by atomic mass is 10.1. The van der Waals surface area contributed by atoms with Crippen molar-refractivity contribution in [2.24, 2.45) is 0 Å². The fourth-order valence-electron chi connectivity index (χ4n) is 1.68. The van der Waals surface area contributed by atoms with Gasteiger partial charge < -0.3 is 4.74 Å². The minimum atomic E-state index is -3.57. The number of thiophene rings is 1. The lowest BCUT2D eigenvalue weighted by molar-refractivity contribution is -0.0498. The van der Waals surface area contributed by atoms with Crippen LogP contribution in [0.4, 0.5) is 8.78 Å². The van der Waals surface area contributed by atoms with Gasteiger partial charge in [0.2, 0.25) is 10.0 Å². The molecule has 22 heavy (non-hydrogen) atoms. The van der Waals surface area contributed by atoms with Crippen molar-refractivity contribution in [2.75, 3.05) is 6.54 Å². The van der Waals surface area contributed by atoms with Crippen LogP contribution in [0.15, 0.2) is 40.6 Å².